The van der Waals surface area contributed by atoms with Crippen LogP contribution in [-0.4, -0.2) is 5.78 Å². The van der Waals surface area contributed by atoms with E-state index in [0.717, 1.165) is 6.42 Å². The van der Waals surface area contributed by atoms with Gasteiger partial charge in [-0.05, 0) is 44.1 Å². The number of hydrogen-bond acceptors (Lipinski definition) is 1. The number of fused-ring (bicyclic) bond motifs is 1. The van der Waals surface area contributed by atoms with E-state index in [1.54, 1.807) is 0 Å². The number of hydrogen-bond donors (Lipinski definition) is 0. The van der Waals surface area contributed by atoms with E-state index >= 15 is 0 Å². The first-order chi connectivity index (χ1) is 5.70. The molecule has 1 nitrogen and oxygen atoms in total. The van der Waals surface area contributed by atoms with Crippen molar-refractivity contribution in [1.82, 2.24) is 0 Å². The summed E-state index contributed by atoms with van der Waals surface area (Å²) in [6.07, 6.45) is 4.76. The average Bonchev–Trinajstić information content (AvgIpc) is 2.41. The summed E-state index contributed by atoms with van der Waals surface area (Å²) in [6.45, 7) is 4.20. The van der Waals surface area contributed by atoms with Crippen molar-refractivity contribution in [3.8, 4) is 0 Å². The van der Waals surface area contributed by atoms with Gasteiger partial charge in [-0.1, -0.05) is 12.5 Å². The Labute approximate surface area is 73.8 Å². The molecule has 2 rings (SSSR count). The standard InChI is InChI=1S/C11H16O/c1-7-3-5-9-6-4-8(2)11(12)10(7)9/h8-9H,3-6H2,1-2H3. The Morgan fingerprint density at radius 2 is 2.00 bits per heavy atom. The smallest absolute Gasteiger partial charge is 0.161 e. The number of rotatable bonds is 0. The lowest BCUT2D eigenvalue weighted by Crippen LogP contribution is -2.24. The predicted octanol–water partition coefficient (Wildman–Crippen LogP) is 2.71. The third-order valence-corrected chi connectivity index (χ3v) is 3.40. The lowest BCUT2D eigenvalue weighted by Gasteiger charge is -2.24. The second-order valence-electron chi connectivity index (χ2n) is 4.27. The molecule has 0 bridgehead atoms. The molecule has 12 heavy (non-hydrogen) atoms. The molecule has 0 N–H and O–H groups in total. The number of ketones is 1. The van der Waals surface area contributed by atoms with Gasteiger partial charge in [-0.2, -0.15) is 0 Å². The fourth-order valence-electron chi connectivity index (χ4n) is 2.57. The van der Waals surface area contributed by atoms with Crippen LogP contribution in [0.2, 0.25) is 0 Å². The van der Waals surface area contributed by atoms with Crippen LogP contribution in [0.1, 0.15) is 39.5 Å². The van der Waals surface area contributed by atoms with Crippen LogP contribution in [0.15, 0.2) is 11.1 Å². The van der Waals surface area contributed by atoms with Crippen molar-refractivity contribution in [3.63, 3.8) is 0 Å². The van der Waals surface area contributed by atoms with Gasteiger partial charge in [0.05, 0.1) is 0 Å². The number of carbonyl (C=O) groups is 1. The van der Waals surface area contributed by atoms with Crippen molar-refractivity contribution in [3.05, 3.63) is 11.1 Å². The van der Waals surface area contributed by atoms with E-state index < -0.39 is 0 Å². The minimum Gasteiger partial charge on any atom is -0.294 e. The molecule has 0 aromatic carbocycles. The van der Waals surface area contributed by atoms with Gasteiger partial charge < -0.3 is 0 Å². The SMILES string of the molecule is CC1=C2C(=O)C(C)CCC2CC1. The summed E-state index contributed by atoms with van der Waals surface area (Å²) in [4.78, 5) is 11.8. The molecule has 0 spiro atoms. The third kappa shape index (κ3) is 1.03. The summed E-state index contributed by atoms with van der Waals surface area (Å²) in [7, 11) is 0. The van der Waals surface area contributed by atoms with Crippen LogP contribution in [-0.2, 0) is 4.79 Å². The Kier molecular flexibility index (Phi) is 1.82. The van der Waals surface area contributed by atoms with Crippen LogP contribution in [0.3, 0.4) is 0 Å². The van der Waals surface area contributed by atoms with E-state index in [-0.39, 0.29) is 0 Å². The molecule has 1 fully saturated rings. The molecule has 0 aromatic rings. The lowest BCUT2D eigenvalue weighted by atomic mass is 9.79. The van der Waals surface area contributed by atoms with Crippen molar-refractivity contribution < 1.29 is 4.79 Å². The monoisotopic (exact) mass is 164 g/mol. The second kappa shape index (κ2) is 2.72. The van der Waals surface area contributed by atoms with Gasteiger partial charge in [0.15, 0.2) is 5.78 Å². The molecule has 0 amide bonds. The summed E-state index contributed by atoms with van der Waals surface area (Å²) in [5.41, 5.74) is 2.57. The number of carbonyl (C=O) groups excluding carboxylic acids is 1. The second-order valence-corrected chi connectivity index (χ2v) is 4.27. The van der Waals surface area contributed by atoms with Gasteiger partial charge in [0.1, 0.15) is 0 Å². The zero-order valence-corrected chi connectivity index (χ0v) is 7.89. The normalized spacial score (nSPS) is 35.7. The van der Waals surface area contributed by atoms with Crippen molar-refractivity contribution in [2.45, 2.75) is 39.5 Å². The average molecular weight is 164 g/mol. The molecule has 0 aliphatic heterocycles. The number of allylic oxidation sites excluding steroid dienone is 2. The summed E-state index contributed by atoms with van der Waals surface area (Å²) in [5, 5.41) is 0. The molecular formula is C11H16O. The third-order valence-electron chi connectivity index (χ3n) is 3.40. The summed E-state index contributed by atoms with van der Waals surface area (Å²) in [6, 6.07) is 0. The first-order valence-corrected chi connectivity index (χ1v) is 4.94. The molecule has 66 valence electrons. The van der Waals surface area contributed by atoms with E-state index in [1.807, 2.05) is 0 Å². The summed E-state index contributed by atoms with van der Waals surface area (Å²) >= 11 is 0. The van der Waals surface area contributed by atoms with E-state index in [2.05, 4.69) is 13.8 Å². The van der Waals surface area contributed by atoms with Gasteiger partial charge in [0.2, 0.25) is 0 Å². The minimum atomic E-state index is 0.296. The molecule has 0 radical (unpaired) electrons. The van der Waals surface area contributed by atoms with Crippen molar-refractivity contribution >= 4 is 5.78 Å². The molecule has 2 aliphatic carbocycles. The molecule has 0 heterocycles. The molecule has 1 saturated carbocycles. The molecule has 2 unspecified atom stereocenters. The Bertz CT molecular complexity index is 250. The van der Waals surface area contributed by atoms with Gasteiger partial charge in [-0.15, -0.1) is 0 Å². The quantitative estimate of drug-likeness (QED) is 0.538. The van der Waals surface area contributed by atoms with Crippen molar-refractivity contribution in [1.29, 1.82) is 0 Å². The largest absolute Gasteiger partial charge is 0.294 e. The fourth-order valence-corrected chi connectivity index (χ4v) is 2.57. The maximum atomic E-state index is 11.8. The number of Topliss-reactive ketones (excluding diaryl/α,β-unsaturated/α-hetero) is 1. The van der Waals surface area contributed by atoms with Gasteiger partial charge in [0, 0.05) is 5.92 Å². The highest BCUT2D eigenvalue weighted by Crippen LogP contribution is 2.41. The van der Waals surface area contributed by atoms with Crippen LogP contribution in [0.25, 0.3) is 0 Å². The van der Waals surface area contributed by atoms with Gasteiger partial charge in [-0.25, -0.2) is 0 Å². The van der Waals surface area contributed by atoms with Crippen LogP contribution in [0, 0.1) is 11.8 Å². The topological polar surface area (TPSA) is 17.1 Å². The van der Waals surface area contributed by atoms with Crippen molar-refractivity contribution in [2.75, 3.05) is 0 Å². The van der Waals surface area contributed by atoms with E-state index in [9.17, 15) is 4.79 Å². The van der Waals surface area contributed by atoms with Gasteiger partial charge in [-0.3, -0.25) is 4.79 Å². The van der Waals surface area contributed by atoms with Gasteiger partial charge in [0.25, 0.3) is 0 Å². The van der Waals surface area contributed by atoms with Crippen LogP contribution >= 0.6 is 0 Å². The lowest BCUT2D eigenvalue weighted by molar-refractivity contribution is -0.120. The predicted molar refractivity (Wildman–Crippen MR) is 48.8 cm³/mol. The Morgan fingerprint density at radius 3 is 2.75 bits per heavy atom. The van der Waals surface area contributed by atoms with E-state index in [0.29, 0.717) is 17.6 Å². The summed E-state index contributed by atoms with van der Waals surface area (Å²) < 4.78 is 0. The first-order valence-electron chi connectivity index (χ1n) is 4.94. The highest BCUT2D eigenvalue weighted by atomic mass is 16.1. The van der Waals surface area contributed by atoms with Crippen LogP contribution in [0.5, 0.6) is 0 Å². The molecule has 0 aromatic heterocycles. The molecule has 0 saturated heterocycles. The molecule has 2 aliphatic rings. The zero-order chi connectivity index (χ0) is 8.72. The minimum absolute atomic E-state index is 0.296. The Balaban J connectivity index is 2.32. The van der Waals surface area contributed by atoms with Crippen LogP contribution < -0.4 is 0 Å². The molecular weight excluding hydrogens is 148 g/mol. The maximum absolute atomic E-state index is 11.8. The Hall–Kier alpha value is -0.590. The first kappa shape index (κ1) is 8.03. The van der Waals surface area contributed by atoms with E-state index in [1.165, 1.54) is 30.4 Å². The van der Waals surface area contributed by atoms with Crippen molar-refractivity contribution in [2.24, 2.45) is 11.8 Å². The fraction of sp³-hybridized carbons (Fsp3) is 0.727. The van der Waals surface area contributed by atoms with Gasteiger partial charge >= 0.3 is 0 Å². The molecule has 1 heteroatoms. The Morgan fingerprint density at radius 1 is 1.25 bits per heavy atom. The zero-order valence-electron chi connectivity index (χ0n) is 7.89. The molecule has 2 atom stereocenters. The van der Waals surface area contributed by atoms with E-state index in [4.69, 9.17) is 0 Å². The maximum Gasteiger partial charge on any atom is 0.161 e. The van der Waals surface area contributed by atoms with Crippen LogP contribution in [0.4, 0.5) is 0 Å². The highest BCUT2D eigenvalue weighted by molar-refractivity contribution is 5.99. The highest BCUT2D eigenvalue weighted by Gasteiger charge is 2.34. The summed E-state index contributed by atoms with van der Waals surface area (Å²) in [5.74, 6) is 1.37.